The fourth-order valence-corrected chi connectivity index (χ4v) is 4.15. The minimum absolute atomic E-state index is 0.0172. The van der Waals surface area contributed by atoms with E-state index in [1.807, 2.05) is 26.0 Å². The molecule has 0 unspecified atom stereocenters. The second kappa shape index (κ2) is 11.5. The highest BCUT2D eigenvalue weighted by Crippen LogP contribution is 2.26. The second-order valence-electron chi connectivity index (χ2n) is 7.38. The molecule has 1 amide bonds. The molecule has 3 aromatic rings. The molecule has 34 heavy (non-hydrogen) atoms. The molecule has 0 atom stereocenters. The van der Waals surface area contributed by atoms with Crippen molar-refractivity contribution in [1.29, 1.82) is 0 Å². The molecule has 0 radical (unpaired) electrons. The highest BCUT2D eigenvalue weighted by Gasteiger charge is 2.25. The number of ether oxygens (including phenoxy) is 1. The zero-order chi connectivity index (χ0) is 24.7. The van der Waals surface area contributed by atoms with E-state index < -0.39 is 11.2 Å². The summed E-state index contributed by atoms with van der Waals surface area (Å²) in [5, 5.41) is 12.1. The monoisotopic (exact) mass is 488 g/mol. The Morgan fingerprint density at radius 2 is 2.00 bits per heavy atom. The quantitative estimate of drug-likeness (QED) is 0.382. The van der Waals surface area contributed by atoms with Crippen LogP contribution in [-0.4, -0.2) is 55.1 Å². The number of para-hydroxylation sites is 2. The van der Waals surface area contributed by atoms with Gasteiger partial charge in [-0.25, -0.2) is 4.79 Å². The summed E-state index contributed by atoms with van der Waals surface area (Å²) in [4.78, 5) is 41.8. The molecule has 12 nitrogen and oxygen atoms in total. The van der Waals surface area contributed by atoms with Crippen LogP contribution in [0.1, 0.15) is 33.1 Å². The number of H-pyrrole nitrogens is 1. The van der Waals surface area contributed by atoms with Crippen molar-refractivity contribution in [3.63, 3.8) is 0 Å². The number of anilines is 2. The Hall–Kier alpha value is -3.61. The lowest BCUT2D eigenvalue weighted by Crippen LogP contribution is -2.42. The van der Waals surface area contributed by atoms with Crippen molar-refractivity contribution in [2.24, 2.45) is 0 Å². The Bertz CT molecular complexity index is 1250. The van der Waals surface area contributed by atoms with Gasteiger partial charge in [0.2, 0.25) is 11.1 Å². The molecule has 13 heteroatoms. The van der Waals surface area contributed by atoms with Crippen molar-refractivity contribution < 1.29 is 9.53 Å². The Kier molecular flexibility index (Phi) is 8.46. The summed E-state index contributed by atoms with van der Waals surface area (Å²) in [7, 11) is 1.55. The van der Waals surface area contributed by atoms with Gasteiger partial charge in [-0.1, -0.05) is 44.2 Å². The normalized spacial score (nSPS) is 10.9. The molecule has 0 aliphatic heterocycles. The van der Waals surface area contributed by atoms with Crippen molar-refractivity contribution in [1.82, 2.24) is 29.8 Å². The number of aromatic nitrogens is 6. The van der Waals surface area contributed by atoms with Crippen LogP contribution in [0, 0.1) is 0 Å². The highest BCUT2D eigenvalue weighted by atomic mass is 32.2. The van der Waals surface area contributed by atoms with Gasteiger partial charge < -0.3 is 15.4 Å². The molecule has 0 fully saturated rings. The lowest BCUT2D eigenvalue weighted by Gasteiger charge is -2.24. The predicted octanol–water partition coefficient (Wildman–Crippen LogP) is 1.44. The molecule has 3 rings (SSSR count). The van der Waals surface area contributed by atoms with Gasteiger partial charge in [-0.05, 0) is 35.4 Å². The number of aromatic amines is 1. The van der Waals surface area contributed by atoms with Crippen molar-refractivity contribution >= 4 is 29.2 Å². The van der Waals surface area contributed by atoms with Crippen LogP contribution in [0.15, 0.2) is 39.0 Å². The van der Waals surface area contributed by atoms with Crippen LogP contribution >= 0.6 is 11.8 Å². The van der Waals surface area contributed by atoms with E-state index in [9.17, 15) is 14.4 Å². The van der Waals surface area contributed by atoms with Gasteiger partial charge in [-0.2, -0.15) is 4.68 Å². The van der Waals surface area contributed by atoms with Crippen LogP contribution in [0.5, 0.6) is 5.75 Å². The zero-order valence-corrected chi connectivity index (χ0v) is 20.2. The molecule has 0 aliphatic rings. The number of nitrogen functional groups attached to an aromatic ring is 1. The summed E-state index contributed by atoms with van der Waals surface area (Å²) >= 11 is 1.12. The maximum atomic E-state index is 13.3. The van der Waals surface area contributed by atoms with Gasteiger partial charge >= 0.3 is 5.69 Å². The maximum absolute atomic E-state index is 13.3. The molecule has 182 valence electrons. The fraction of sp³-hybridized carbons (Fsp3) is 0.429. The number of hydrogen-bond donors (Lipinski definition) is 2. The number of thioether (sulfide) groups is 1. The van der Waals surface area contributed by atoms with Gasteiger partial charge in [-0.15, -0.1) is 5.10 Å². The minimum atomic E-state index is -0.692. The summed E-state index contributed by atoms with van der Waals surface area (Å²) in [6.07, 6.45) is 2.09. The SMILES string of the molecule is CCCCN(C(=O)CSc1nnnn1-c1ccccc1OC)c1c(N)n(CCC)c(=O)[nH]c1=O. The van der Waals surface area contributed by atoms with Crippen LogP contribution in [0.4, 0.5) is 11.5 Å². The summed E-state index contributed by atoms with van der Waals surface area (Å²) in [6, 6.07) is 7.23. The van der Waals surface area contributed by atoms with E-state index in [2.05, 4.69) is 20.5 Å². The average Bonchev–Trinajstić information content (AvgIpc) is 3.30. The smallest absolute Gasteiger partial charge is 0.330 e. The lowest BCUT2D eigenvalue weighted by molar-refractivity contribution is -0.116. The number of rotatable bonds is 11. The molecule has 0 saturated carbocycles. The highest BCUT2D eigenvalue weighted by molar-refractivity contribution is 7.99. The number of carbonyl (C=O) groups is 1. The first-order valence-corrected chi connectivity index (χ1v) is 11.9. The molecule has 2 heterocycles. The second-order valence-corrected chi connectivity index (χ2v) is 8.32. The number of nitrogens with zero attached hydrogens (tertiary/aromatic N) is 6. The van der Waals surface area contributed by atoms with Gasteiger partial charge in [0.15, 0.2) is 5.69 Å². The van der Waals surface area contributed by atoms with E-state index in [0.29, 0.717) is 36.0 Å². The van der Waals surface area contributed by atoms with Crippen LogP contribution in [-0.2, 0) is 11.3 Å². The molecular weight excluding hydrogens is 460 g/mol. The molecule has 0 aliphatic carbocycles. The third-order valence-electron chi connectivity index (χ3n) is 5.05. The topological polar surface area (TPSA) is 154 Å². The van der Waals surface area contributed by atoms with Crippen LogP contribution < -0.4 is 26.6 Å². The van der Waals surface area contributed by atoms with E-state index in [1.54, 1.807) is 19.2 Å². The summed E-state index contributed by atoms with van der Waals surface area (Å²) < 4.78 is 8.13. The van der Waals surface area contributed by atoms with Gasteiger partial charge in [0.1, 0.15) is 17.3 Å². The van der Waals surface area contributed by atoms with E-state index in [4.69, 9.17) is 10.5 Å². The minimum Gasteiger partial charge on any atom is -0.494 e. The number of unbranched alkanes of at least 4 members (excludes halogenated alkanes) is 1. The van der Waals surface area contributed by atoms with Gasteiger partial charge in [-0.3, -0.25) is 19.1 Å². The Morgan fingerprint density at radius 3 is 2.71 bits per heavy atom. The van der Waals surface area contributed by atoms with Gasteiger partial charge in [0, 0.05) is 13.1 Å². The number of nitrogens with one attached hydrogen (secondary N) is 1. The fourth-order valence-electron chi connectivity index (χ4n) is 3.39. The number of amides is 1. The van der Waals surface area contributed by atoms with E-state index in [0.717, 1.165) is 18.2 Å². The number of carbonyl (C=O) groups excluding carboxylic acids is 1. The number of methoxy groups -OCH3 is 1. The Balaban J connectivity index is 1.90. The average molecular weight is 489 g/mol. The first-order valence-electron chi connectivity index (χ1n) is 10.9. The zero-order valence-electron chi connectivity index (χ0n) is 19.4. The van der Waals surface area contributed by atoms with Gasteiger partial charge in [0.05, 0.1) is 12.9 Å². The Labute approximate surface area is 200 Å². The van der Waals surface area contributed by atoms with Crippen LogP contribution in [0.3, 0.4) is 0 Å². The van der Waals surface area contributed by atoms with E-state index in [1.165, 1.54) is 14.1 Å². The maximum Gasteiger partial charge on any atom is 0.330 e. The summed E-state index contributed by atoms with van der Waals surface area (Å²) in [5.74, 6) is 0.145. The van der Waals surface area contributed by atoms with Gasteiger partial charge in [0.25, 0.3) is 5.56 Å². The Morgan fingerprint density at radius 1 is 1.24 bits per heavy atom. The number of nitrogens with two attached hydrogens (primary N) is 1. The summed E-state index contributed by atoms with van der Waals surface area (Å²) in [5.41, 5.74) is 5.52. The molecular formula is C21H28N8O4S. The van der Waals surface area contributed by atoms with Crippen LogP contribution in [0.2, 0.25) is 0 Å². The molecule has 3 N–H and O–H groups in total. The largest absolute Gasteiger partial charge is 0.494 e. The number of benzene rings is 1. The molecule has 2 aromatic heterocycles. The third-order valence-corrected chi connectivity index (χ3v) is 5.95. The first kappa shape index (κ1) is 25.0. The molecule has 1 aromatic carbocycles. The van der Waals surface area contributed by atoms with Crippen molar-refractivity contribution in [2.45, 2.75) is 44.8 Å². The third kappa shape index (κ3) is 5.30. The molecule has 0 saturated heterocycles. The summed E-state index contributed by atoms with van der Waals surface area (Å²) in [6.45, 7) is 4.47. The van der Waals surface area contributed by atoms with E-state index >= 15 is 0 Å². The standard InChI is InChI=1S/C21H28N8O4S/c1-4-6-12-27(17-18(22)28(11-5-2)20(32)23-19(17)31)16(30)13-34-21-24-25-26-29(21)14-9-7-8-10-15(14)33-3/h7-10H,4-6,11-13,22H2,1-3H3,(H,23,31,32). The number of tetrazole rings is 1. The first-order chi connectivity index (χ1) is 16.4. The molecule has 0 bridgehead atoms. The number of hydrogen-bond acceptors (Lipinski definition) is 9. The van der Waals surface area contributed by atoms with Crippen LogP contribution in [0.25, 0.3) is 5.69 Å². The molecule has 0 spiro atoms. The van der Waals surface area contributed by atoms with E-state index in [-0.39, 0.29) is 29.7 Å². The van der Waals surface area contributed by atoms with Crippen molar-refractivity contribution in [3.05, 3.63) is 45.1 Å². The van der Waals surface area contributed by atoms with Crippen molar-refractivity contribution in [2.75, 3.05) is 30.0 Å². The lowest BCUT2D eigenvalue weighted by atomic mass is 10.2. The predicted molar refractivity (Wildman–Crippen MR) is 130 cm³/mol. The van der Waals surface area contributed by atoms with Crippen molar-refractivity contribution in [3.8, 4) is 11.4 Å².